The third-order valence-electron chi connectivity index (χ3n) is 5.05. The van der Waals surface area contributed by atoms with Gasteiger partial charge in [-0.25, -0.2) is 14.6 Å². The number of hydrogen-bond acceptors (Lipinski definition) is 4. The molecule has 0 atom stereocenters. The Bertz CT molecular complexity index is 1080. The summed E-state index contributed by atoms with van der Waals surface area (Å²) in [6.07, 6.45) is 4.56. The van der Waals surface area contributed by atoms with Crippen LogP contribution in [0.1, 0.15) is 16.7 Å². The molecule has 0 N–H and O–H groups in total. The highest BCUT2D eigenvalue weighted by atomic mass is 15.3. The normalized spacial score (nSPS) is 13.8. The van der Waals surface area contributed by atoms with Gasteiger partial charge in [0.2, 0.25) is 0 Å². The first kappa shape index (κ1) is 15.1. The average Bonchev–Trinajstić information content (AvgIpc) is 3.12. The Labute approximate surface area is 151 Å². The zero-order valence-corrected chi connectivity index (χ0v) is 14.6. The van der Waals surface area contributed by atoms with Crippen molar-refractivity contribution in [3.8, 4) is 5.69 Å². The highest BCUT2D eigenvalue weighted by molar-refractivity contribution is 5.87. The molecule has 5 nitrogen and oxygen atoms in total. The molecule has 1 aliphatic heterocycles. The third-order valence-corrected chi connectivity index (χ3v) is 5.05. The summed E-state index contributed by atoms with van der Waals surface area (Å²) in [6.45, 7) is 3.91. The van der Waals surface area contributed by atoms with Crippen LogP contribution < -0.4 is 4.90 Å². The van der Waals surface area contributed by atoms with Gasteiger partial charge in [-0.2, -0.15) is 5.10 Å². The second kappa shape index (κ2) is 5.95. The van der Waals surface area contributed by atoms with Crippen LogP contribution in [-0.2, 0) is 13.0 Å². The Hall–Kier alpha value is -3.21. The van der Waals surface area contributed by atoms with E-state index in [4.69, 9.17) is 0 Å². The number of aromatic nitrogens is 4. The summed E-state index contributed by atoms with van der Waals surface area (Å²) in [5.74, 6) is 0.961. The number of fused-ring (bicyclic) bond motifs is 2. The van der Waals surface area contributed by atoms with Crippen LogP contribution in [0.2, 0.25) is 0 Å². The van der Waals surface area contributed by atoms with E-state index in [9.17, 15) is 0 Å². The molecule has 0 fully saturated rings. The van der Waals surface area contributed by atoms with Crippen molar-refractivity contribution in [3.05, 3.63) is 77.7 Å². The highest BCUT2D eigenvalue weighted by Crippen LogP contribution is 2.29. The topological polar surface area (TPSA) is 46.8 Å². The van der Waals surface area contributed by atoms with Crippen molar-refractivity contribution < 1.29 is 0 Å². The first-order chi connectivity index (χ1) is 12.8. The van der Waals surface area contributed by atoms with Crippen molar-refractivity contribution in [2.75, 3.05) is 11.4 Å². The van der Waals surface area contributed by atoms with Crippen molar-refractivity contribution >= 4 is 16.9 Å². The molecule has 0 saturated carbocycles. The molecule has 5 heteroatoms. The van der Waals surface area contributed by atoms with Crippen LogP contribution in [0.15, 0.2) is 61.1 Å². The lowest BCUT2D eigenvalue weighted by atomic mass is 10.00. The van der Waals surface area contributed by atoms with Gasteiger partial charge >= 0.3 is 0 Å². The van der Waals surface area contributed by atoms with Crippen molar-refractivity contribution in [3.63, 3.8) is 0 Å². The van der Waals surface area contributed by atoms with Crippen LogP contribution in [0, 0.1) is 6.92 Å². The lowest BCUT2D eigenvalue weighted by Gasteiger charge is -2.29. The van der Waals surface area contributed by atoms with Crippen molar-refractivity contribution in [1.29, 1.82) is 0 Å². The number of benzene rings is 2. The van der Waals surface area contributed by atoms with Crippen LogP contribution in [-0.4, -0.2) is 26.3 Å². The Morgan fingerprint density at radius 1 is 0.923 bits per heavy atom. The monoisotopic (exact) mass is 341 g/mol. The SMILES string of the molecule is Cc1ccc(-n2ncc3c(N4CCc5ccccc5C4)ncnc32)cc1. The molecule has 0 radical (unpaired) electrons. The highest BCUT2D eigenvalue weighted by Gasteiger charge is 2.20. The fraction of sp³-hybridized carbons (Fsp3) is 0.190. The maximum absolute atomic E-state index is 4.59. The lowest BCUT2D eigenvalue weighted by Crippen LogP contribution is -2.31. The second-order valence-corrected chi connectivity index (χ2v) is 6.77. The van der Waals surface area contributed by atoms with Gasteiger partial charge in [-0.1, -0.05) is 42.0 Å². The zero-order chi connectivity index (χ0) is 17.5. The number of hydrogen-bond donors (Lipinski definition) is 0. The van der Waals surface area contributed by atoms with E-state index in [0.717, 1.165) is 42.0 Å². The van der Waals surface area contributed by atoms with Crippen LogP contribution >= 0.6 is 0 Å². The van der Waals surface area contributed by atoms with Gasteiger partial charge in [-0.05, 0) is 36.6 Å². The molecular weight excluding hydrogens is 322 g/mol. The molecule has 128 valence electrons. The zero-order valence-electron chi connectivity index (χ0n) is 14.6. The molecular formula is C21H19N5. The minimum absolute atomic E-state index is 0.845. The van der Waals surface area contributed by atoms with E-state index in [2.05, 4.69) is 75.4 Å². The van der Waals surface area contributed by atoms with E-state index in [1.165, 1.54) is 16.7 Å². The van der Waals surface area contributed by atoms with E-state index in [1.54, 1.807) is 6.33 Å². The minimum Gasteiger partial charge on any atom is -0.351 e. The van der Waals surface area contributed by atoms with Gasteiger partial charge in [-0.15, -0.1) is 0 Å². The van der Waals surface area contributed by atoms with Gasteiger partial charge < -0.3 is 4.90 Å². The van der Waals surface area contributed by atoms with Crippen molar-refractivity contribution in [2.24, 2.45) is 0 Å². The molecule has 0 aliphatic carbocycles. The molecule has 0 amide bonds. The van der Waals surface area contributed by atoms with Gasteiger partial charge in [0.1, 0.15) is 12.1 Å². The molecule has 0 spiro atoms. The molecule has 2 aromatic carbocycles. The first-order valence-corrected chi connectivity index (χ1v) is 8.87. The van der Waals surface area contributed by atoms with E-state index in [0.29, 0.717) is 0 Å². The smallest absolute Gasteiger partial charge is 0.168 e. The Morgan fingerprint density at radius 3 is 2.58 bits per heavy atom. The molecule has 1 aliphatic rings. The summed E-state index contributed by atoms with van der Waals surface area (Å²) >= 11 is 0. The standard InChI is InChI=1S/C21H19N5/c1-15-6-8-18(9-7-15)26-21-19(12-24-26)20(22-14-23-21)25-11-10-16-4-2-3-5-17(16)13-25/h2-9,12,14H,10-11,13H2,1H3. The van der Waals surface area contributed by atoms with Gasteiger partial charge in [0.05, 0.1) is 17.3 Å². The van der Waals surface area contributed by atoms with Gasteiger partial charge in [0, 0.05) is 13.1 Å². The second-order valence-electron chi connectivity index (χ2n) is 6.77. The minimum atomic E-state index is 0.845. The quantitative estimate of drug-likeness (QED) is 0.558. The predicted molar refractivity (Wildman–Crippen MR) is 103 cm³/mol. The molecule has 0 bridgehead atoms. The molecule has 3 heterocycles. The van der Waals surface area contributed by atoms with Gasteiger partial charge in [0.25, 0.3) is 0 Å². The molecule has 0 unspecified atom stereocenters. The number of aryl methyl sites for hydroxylation is 1. The van der Waals surface area contributed by atoms with Crippen LogP contribution in [0.25, 0.3) is 16.7 Å². The summed E-state index contributed by atoms with van der Waals surface area (Å²) in [5.41, 5.74) is 5.89. The molecule has 2 aromatic heterocycles. The van der Waals surface area contributed by atoms with Crippen LogP contribution in [0.5, 0.6) is 0 Å². The van der Waals surface area contributed by atoms with E-state index in [-0.39, 0.29) is 0 Å². The Morgan fingerprint density at radius 2 is 1.73 bits per heavy atom. The predicted octanol–water partition coefficient (Wildman–Crippen LogP) is 3.69. The molecule has 26 heavy (non-hydrogen) atoms. The molecule has 5 rings (SSSR count). The maximum atomic E-state index is 4.59. The van der Waals surface area contributed by atoms with E-state index >= 15 is 0 Å². The fourth-order valence-electron chi connectivity index (χ4n) is 3.64. The molecule has 4 aromatic rings. The first-order valence-electron chi connectivity index (χ1n) is 8.87. The van der Waals surface area contributed by atoms with Crippen LogP contribution in [0.3, 0.4) is 0 Å². The summed E-state index contributed by atoms with van der Waals surface area (Å²) in [4.78, 5) is 11.4. The Kier molecular flexibility index (Phi) is 3.45. The largest absolute Gasteiger partial charge is 0.351 e. The third kappa shape index (κ3) is 2.44. The fourth-order valence-corrected chi connectivity index (χ4v) is 3.64. The Balaban J connectivity index is 1.57. The van der Waals surface area contributed by atoms with Crippen molar-refractivity contribution in [1.82, 2.24) is 19.7 Å². The number of anilines is 1. The number of rotatable bonds is 2. The van der Waals surface area contributed by atoms with Crippen molar-refractivity contribution in [2.45, 2.75) is 19.9 Å². The summed E-state index contributed by atoms with van der Waals surface area (Å²) < 4.78 is 1.89. The summed E-state index contributed by atoms with van der Waals surface area (Å²) in [5, 5.41) is 5.58. The maximum Gasteiger partial charge on any atom is 0.168 e. The average molecular weight is 341 g/mol. The van der Waals surface area contributed by atoms with Crippen LogP contribution in [0.4, 0.5) is 5.82 Å². The summed E-state index contributed by atoms with van der Waals surface area (Å²) in [6, 6.07) is 17.0. The number of nitrogens with zero attached hydrogens (tertiary/aromatic N) is 5. The molecule has 0 saturated heterocycles. The van der Waals surface area contributed by atoms with E-state index < -0.39 is 0 Å². The van der Waals surface area contributed by atoms with Gasteiger partial charge in [0.15, 0.2) is 5.65 Å². The lowest BCUT2D eigenvalue weighted by molar-refractivity contribution is 0.723. The van der Waals surface area contributed by atoms with Gasteiger partial charge in [-0.3, -0.25) is 0 Å². The van der Waals surface area contributed by atoms with E-state index in [1.807, 2.05) is 10.9 Å². The summed E-state index contributed by atoms with van der Waals surface area (Å²) in [7, 11) is 0.